The van der Waals surface area contributed by atoms with Gasteiger partial charge >= 0.3 is 0 Å². The van der Waals surface area contributed by atoms with E-state index in [0.717, 1.165) is 53.1 Å². The number of aromatic nitrogens is 3. The van der Waals surface area contributed by atoms with Gasteiger partial charge in [-0.05, 0) is 30.2 Å². The van der Waals surface area contributed by atoms with E-state index in [2.05, 4.69) is 19.9 Å². The van der Waals surface area contributed by atoms with Crippen LogP contribution in [0, 0.1) is 0 Å². The monoisotopic (exact) mass is 342 g/mol. The molecule has 4 aromatic rings. The van der Waals surface area contributed by atoms with Crippen LogP contribution in [0.4, 0.5) is 5.69 Å². The average molecular weight is 342 g/mol. The van der Waals surface area contributed by atoms with E-state index < -0.39 is 0 Å². The van der Waals surface area contributed by atoms with Crippen LogP contribution < -0.4 is 5.32 Å². The van der Waals surface area contributed by atoms with Gasteiger partial charge in [-0.3, -0.25) is 4.79 Å². The molecule has 5 heteroatoms. The molecule has 2 aromatic carbocycles. The van der Waals surface area contributed by atoms with Crippen LogP contribution in [0.2, 0.25) is 0 Å². The maximum absolute atomic E-state index is 12.6. The number of nitrogens with one attached hydrogen (secondary N) is 2. The number of para-hydroxylation sites is 1. The first-order valence-corrected chi connectivity index (χ1v) is 8.82. The minimum Gasteiger partial charge on any atom is -0.360 e. The minimum atomic E-state index is -0.111. The normalized spacial score (nSPS) is 13.1. The Bertz CT molecular complexity index is 1100. The number of benzene rings is 2. The zero-order valence-corrected chi connectivity index (χ0v) is 14.2. The van der Waals surface area contributed by atoms with E-state index in [4.69, 9.17) is 0 Å². The van der Waals surface area contributed by atoms with Gasteiger partial charge < -0.3 is 14.9 Å². The fraction of sp³-hybridized carbons (Fsp3) is 0.143. The van der Waals surface area contributed by atoms with Gasteiger partial charge in [0.15, 0.2) is 0 Å². The predicted octanol–water partition coefficient (Wildman–Crippen LogP) is 4.23. The first-order chi connectivity index (χ1) is 12.8. The van der Waals surface area contributed by atoms with E-state index in [-0.39, 0.29) is 5.91 Å². The molecule has 1 amide bonds. The first kappa shape index (κ1) is 15.0. The summed E-state index contributed by atoms with van der Waals surface area (Å²) in [4.78, 5) is 20.2. The lowest BCUT2D eigenvalue weighted by Crippen LogP contribution is -2.11. The van der Waals surface area contributed by atoms with E-state index in [1.807, 2.05) is 54.7 Å². The molecule has 2 aromatic heterocycles. The van der Waals surface area contributed by atoms with E-state index in [9.17, 15) is 4.79 Å². The number of hydrogen-bond acceptors (Lipinski definition) is 2. The van der Waals surface area contributed by atoms with Crippen LogP contribution in [0.15, 0.2) is 60.9 Å². The summed E-state index contributed by atoms with van der Waals surface area (Å²) in [7, 11) is 0. The molecule has 0 atom stereocenters. The Morgan fingerprint density at radius 2 is 1.96 bits per heavy atom. The molecule has 2 N–H and O–H groups in total. The Labute approximate surface area is 150 Å². The van der Waals surface area contributed by atoms with Crippen LogP contribution in [0.5, 0.6) is 0 Å². The van der Waals surface area contributed by atoms with Crippen LogP contribution in [-0.4, -0.2) is 20.4 Å². The Kier molecular flexibility index (Phi) is 3.38. The lowest BCUT2D eigenvalue weighted by Gasteiger charge is -2.08. The highest BCUT2D eigenvalue weighted by Crippen LogP contribution is 2.27. The zero-order chi connectivity index (χ0) is 17.5. The fourth-order valence-corrected chi connectivity index (χ4v) is 3.67. The lowest BCUT2D eigenvalue weighted by molar-refractivity contribution is 0.102. The van der Waals surface area contributed by atoms with Gasteiger partial charge in [0.05, 0.1) is 17.5 Å². The van der Waals surface area contributed by atoms with E-state index in [1.54, 1.807) is 6.20 Å². The van der Waals surface area contributed by atoms with Crippen molar-refractivity contribution in [2.75, 3.05) is 5.32 Å². The SMILES string of the molecule is O=C(Nc1ccc(-c2cnc3n2CCC3)cc1)c1c[nH]c2ccccc12. The number of carbonyl (C=O) groups is 1. The van der Waals surface area contributed by atoms with Crippen LogP contribution in [0.3, 0.4) is 0 Å². The summed E-state index contributed by atoms with van der Waals surface area (Å²) < 4.78 is 2.28. The summed E-state index contributed by atoms with van der Waals surface area (Å²) in [6.07, 6.45) is 5.91. The van der Waals surface area contributed by atoms with Gasteiger partial charge in [0, 0.05) is 35.8 Å². The average Bonchev–Trinajstić information content (AvgIpc) is 3.37. The van der Waals surface area contributed by atoms with Crippen molar-refractivity contribution in [2.24, 2.45) is 0 Å². The summed E-state index contributed by atoms with van der Waals surface area (Å²) >= 11 is 0. The maximum Gasteiger partial charge on any atom is 0.257 e. The van der Waals surface area contributed by atoms with Gasteiger partial charge in [-0.15, -0.1) is 0 Å². The molecule has 0 saturated heterocycles. The van der Waals surface area contributed by atoms with Gasteiger partial charge in [-0.1, -0.05) is 30.3 Å². The number of aryl methyl sites for hydroxylation is 1. The van der Waals surface area contributed by atoms with Crippen molar-refractivity contribution >= 4 is 22.5 Å². The summed E-state index contributed by atoms with van der Waals surface area (Å²) in [6, 6.07) is 15.8. The molecule has 0 aliphatic carbocycles. The molecule has 5 rings (SSSR count). The van der Waals surface area contributed by atoms with Gasteiger partial charge in [-0.25, -0.2) is 4.98 Å². The highest BCUT2D eigenvalue weighted by atomic mass is 16.1. The van der Waals surface area contributed by atoms with Crippen molar-refractivity contribution in [1.82, 2.24) is 14.5 Å². The van der Waals surface area contributed by atoms with Crippen LogP contribution >= 0.6 is 0 Å². The second-order valence-corrected chi connectivity index (χ2v) is 6.59. The highest BCUT2D eigenvalue weighted by molar-refractivity contribution is 6.12. The summed E-state index contributed by atoms with van der Waals surface area (Å²) in [5.41, 5.74) is 4.66. The number of fused-ring (bicyclic) bond motifs is 2. The molecule has 0 spiro atoms. The molecule has 128 valence electrons. The minimum absolute atomic E-state index is 0.111. The first-order valence-electron chi connectivity index (χ1n) is 8.82. The number of hydrogen-bond donors (Lipinski definition) is 2. The molecular weight excluding hydrogens is 324 g/mol. The fourth-order valence-electron chi connectivity index (χ4n) is 3.67. The van der Waals surface area contributed by atoms with Crippen molar-refractivity contribution in [2.45, 2.75) is 19.4 Å². The molecule has 26 heavy (non-hydrogen) atoms. The molecule has 0 unspecified atom stereocenters. The molecule has 0 radical (unpaired) electrons. The molecule has 5 nitrogen and oxygen atoms in total. The third-order valence-corrected chi connectivity index (χ3v) is 4.99. The quantitative estimate of drug-likeness (QED) is 0.585. The molecular formula is C21H18N4O. The molecule has 0 saturated carbocycles. The third-order valence-electron chi connectivity index (χ3n) is 4.99. The number of carbonyl (C=O) groups excluding carboxylic acids is 1. The number of H-pyrrole nitrogens is 1. The van der Waals surface area contributed by atoms with Crippen LogP contribution in [0.25, 0.3) is 22.2 Å². The third kappa shape index (κ3) is 2.40. The van der Waals surface area contributed by atoms with Gasteiger partial charge in [0.1, 0.15) is 5.82 Å². The van der Waals surface area contributed by atoms with E-state index in [1.165, 1.54) is 0 Å². The van der Waals surface area contributed by atoms with Gasteiger partial charge in [0.25, 0.3) is 5.91 Å². The van der Waals surface area contributed by atoms with Crippen molar-refractivity contribution in [3.63, 3.8) is 0 Å². The summed E-state index contributed by atoms with van der Waals surface area (Å²) in [5.74, 6) is 1.05. The second-order valence-electron chi connectivity index (χ2n) is 6.59. The van der Waals surface area contributed by atoms with Crippen molar-refractivity contribution < 1.29 is 4.79 Å². The Hall–Kier alpha value is -3.34. The van der Waals surface area contributed by atoms with Gasteiger partial charge in [-0.2, -0.15) is 0 Å². The largest absolute Gasteiger partial charge is 0.360 e. The van der Waals surface area contributed by atoms with E-state index >= 15 is 0 Å². The maximum atomic E-state index is 12.6. The number of nitrogens with zero attached hydrogens (tertiary/aromatic N) is 2. The Morgan fingerprint density at radius 3 is 2.85 bits per heavy atom. The smallest absolute Gasteiger partial charge is 0.257 e. The number of anilines is 1. The van der Waals surface area contributed by atoms with Crippen molar-refractivity contribution in [3.05, 3.63) is 72.3 Å². The standard InChI is InChI=1S/C21H18N4O/c26-21(17-12-22-18-5-2-1-4-16(17)18)24-15-9-7-14(8-10-15)19-13-23-20-6-3-11-25(19)20/h1-2,4-5,7-10,12-13,22H,3,6,11H2,(H,24,26). The number of rotatable bonds is 3. The Morgan fingerprint density at radius 1 is 1.12 bits per heavy atom. The second kappa shape index (κ2) is 5.88. The molecule has 3 heterocycles. The molecule has 0 bridgehead atoms. The van der Waals surface area contributed by atoms with E-state index in [0.29, 0.717) is 5.56 Å². The number of amides is 1. The van der Waals surface area contributed by atoms with Crippen LogP contribution in [-0.2, 0) is 13.0 Å². The highest BCUT2D eigenvalue weighted by Gasteiger charge is 2.17. The Balaban J connectivity index is 1.38. The molecule has 1 aliphatic rings. The molecule has 1 aliphatic heterocycles. The lowest BCUT2D eigenvalue weighted by atomic mass is 10.1. The zero-order valence-electron chi connectivity index (χ0n) is 14.2. The number of imidazole rings is 1. The van der Waals surface area contributed by atoms with Crippen molar-refractivity contribution in [3.8, 4) is 11.3 Å². The van der Waals surface area contributed by atoms with Crippen molar-refractivity contribution in [1.29, 1.82) is 0 Å². The number of aromatic amines is 1. The van der Waals surface area contributed by atoms with Gasteiger partial charge in [0.2, 0.25) is 0 Å². The summed E-state index contributed by atoms with van der Waals surface area (Å²) in [5, 5.41) is 3.91. The molecule has 0 fully saturated rings. The van der Waals surface area contributed by atoms with Crippen LogP contribution in [0.1, 0.15) is 22.6 Å². The topological polar surface area (TPSA) is 62.7 Å². The summed E-state index contributed by atoms with van der Waals surface area (Å²) in [6.45, 7) is 1.03. The predicted molar refractivity (Wildman–Crippen MR) is 102 cm³/mol.